The Morgan fingerprint density at radius 1 is 0.900 bits per heavy atom. The Hall–Kier alpha value is -3.44. The van der Waals surface area contributed by atoms with Gasteiger partial charge in [-0.25, -0.2) is 4.98 Å². The normalized spacial score (nSPS) is 10.6. The molecule has 1 heterocycles. The quantitative estimate of drug-likeness (QED) is 0.400. The van der Waals surface area contributed by atoms with E-state index in [4.69, 9.17) is 4.74 Å². The van der Waals surface area contributed by atoms with Crippen LogP contribution in [-0.4, -0.2) is 17.5 Å². The maximum Gasteiger partial charge on any atom is 0.264 e. The van der Waals surface area contributed by atoms with Crippen LogP contribution in [0.1, 0.15) is 12.5 Å². The first-order valence-electron chi connectivity index (χ1n) is 9.84. The van der Waals surface area contributed by atoms with Gasteiger partial charge in [0.1, 0.15) is 5.75 Å². The van der Waals surface area contributed by atoms with Crippen LogP contribution in [0, 0.1) is 0 Å². The van der Waals surface area contributed by atoms with E-state index in [2.05, 4.69) is 53.6 Å². The largest absolute Gasteiger partial charge is 0.484 e. The number of hydrogen-bond donors (Lipinski definition) is 1. The smallest absolute Gasteiger partial charge is 0.264 e. The van der Waals surface area contributed by atoms with Gasteiger partial charge in [-0.15, -0.1) is 11.3 Å². The molecule has 30 heavy (non-hydrogen) atoms. The van der Waals surface area contributed by atoms with Gasteiger partial charge in [-0.05, 0) is 35.2 Å². The minimum atomic E-state index is -0.232. The first-order valence-corrected chi connectivity index (χ1v) is 10.7. The lowest BCUT2D eigenvalue weighted by atomic mass is 10.1. The fourth-order valence-electron chi connectivity index (χ4n) is 3.05. The number of hydrogen-bond acceptors (Lipinski definition) is 4. The average molecular weight is 415 g/mol. The maximum atomic E-state index is 12.2. The highest BCUT2D eigenvalue weighted by atomic mass is 32.1. The molecule has 0 saturated heterocycles. The second-order valence-corrected chi connectivity index (χ2v) is 7.67. The third kappa shape index (κ3) is 4.93. The predicted octanol–water partition coefficient (Wildman–Crippen LogP) is 6.06. The van der Waals surface area contributed by atoms with E-state index in [-0.39, 0.29) is 12.5 Å². The number of thiazole rings is 1. The summed E-state index contributed by atoms with van der Waals surface area (Å²) in [6, 6.07) is 26.2. The highest BCUT2D eigenvalue weighted by Gasteiger charge is 2.09. The van der Waals surface area contributed by atoms with Crippen molar-refractivity contribution >= 4 is 22.4 Å². The van der Waals surface area contributed by atoms with E-state index in [1.807, 2.05) is 47.8 Å². The van der Waals surface area contributed by atoms with Crippen molar-refractivity contribution in [3.8, 4) is 28.1 Å². The van der Waals surface area contributed by atoms with Gasteiger partial charge in [-0.2, -0.15) is 0 Å². The molecule has 5 heteroatoms. The van der Waals surface area contributed by atoms with E-state index in [9.17, 15) is 4.79 Å². The van der Waals surface area contributed by atoms with E-state index in [1.54, 1.807) is 0 Å². The molecule has 0 aliphatic heterocycles. The first-order chi connectivity index (χ1) is 14.7. The molecule has 4 nitrogen and oxygen atoms in total. The summed E-state index contributed by atoms with van der Waals surface area (Å²) in [5.41, 5.74) is 5.44. The zero-order chi connectivity index (χ0) is 20.8. The number of carbonyl (C=O) groups excluding carboxylic acids is 1. The highest BCUT2D eigenvalue weighted by Crippen LogP contribution is 2.25. The standard InChI is InChI=1S/C25H22N2O2S/c1-2-18-8-10-21(11-9-18)23-17-30-25(26-23)27-24(28)16-29-22-14-12-20(13-15-22)19-6-4-3-5-7-19/h3-15,17H,2,16H2,1H3,(H,26,27,28). The molecule has 4 aromatic rings. The fraction of sp³-hybridized carbons (Fsp3) is 0.120. The summed E-state index contributed by atoms with van der Waals surface area (Å²) in [6.07, 6.45) is 1.01. The lowest BCUT2D eigenvalue weighted by Crippen LogP contribution is -2.20. The molecule has 0 bridgehead atoms. The SMILES string of the molecule is CCc1ccc(-c2csc(NC(=O)COc3ccc(-c4ccccc4)cc3)n2)cc1. The van der Waals surface area contributed by atoms with Gasteiger partial charge in [0.25, 0.3) is 5.91 Å². The zero-order valence-electron chi connectivity index (χ0n) is 16.7. The van der Waals surface area contributed by atoms with Crippen molar-refractivity contribution in [2.24, 2.45) is 0 Å². The van der Waals surface area contributed by atoms with Gasteiger partial charge in [-0.1, -0.05) is 73.7 Å². The molecule has 0 spiro atoms. The Kier molecular flexibility index (Phi) is 6.20. The minimum Gasteiger partial charge on any atom is -0.484 e. The minimum absolute atomic E-state index is 0.0647. The summed E-state index contributed by atoms with van der Waals surface area (Å²) in [5.74, 6) is 0.421. The van der Waals surface area contributed by atoms with Gasteiger partial charge in [0.15, 0.2) is 11.7 Å². The second-order valence-electron chi connectivity index (χ2n) is 6.82. The van der Waals surface area contributed by atoms with Gasteiger partial charge >= 0.3 is 0 Å². The van der Waals surface area contributed by atoms with Crippen LogP contribution in [0.3, 0.4) is 0 Å². The van der Waals surface area contributed by atoms with Crippen molar-refractivity contribution in [3.63, 3.8) is 0 Å². The molecule has 3 aromatic carbocycles. The maximum absolute atomic E-state index is 12.2. The number of anilines is 1. The van der Waals surface area contributed by atoms with Crippen LogP contribution in [0.4, 0.5) is 5.13 Å². The van der Waals surface area contributed by atoms with Crippen LogP contribution in [0.5, 0.6) is 5.75 Å². The van der Waals surface area contributed by atoms with Crippen LogP contribution in [-0.2, 0) is 11.2 Å². The molecule has 0 aliphatic rings. The number of benzene rings is 3. The van der Waals surface area contributed by atoms with Crippen LogP contribution in [0.15, 0.2) is 84.2 Å². The van der Waals surface area contributed by atoms with Crippen LogP contribution < -0.4 is 10.1 Å². The topological polar surface area (TPSA) is 51.2 Å². The highest BCUT2D eigenvalue weighted by molar-refractivity contribution is 7.14. The van der Waals surface area contributed by atoms with Gasteiger partial charge in [0, 0.05) is 10.9 Å². The summed E-state index contributed by atoms with van der Waals surface area (Å²) < 4.78 is 5.61. The lowest BCUT2D eigenvalue weighted by Gasteiger charge is -2.07. The van der Waals surface area contributed by atoms with E-state index < -0.39 is 0 Å². The Bertz CT molecular complexity index is 1100. The number of nitrogens with zero attached hydrogens (tertiary/aromatic N) is 1. The molecule has 1 N–H and O–H groups in total. The van der Waals surface area contributed by atoms with Crippen molar-refractivity contribution < 1.29 is 9.53 Å². The average Bonchev–Trinajstić information content (AvgIpc) is 3.27. The monoisotopic (exact) mass is 414 g/mol. The third-order valence-electron chi connectivity index (χ3n) is 4.74. The molecule has 4 rings (SSSR count). The van der Waals surface area contributed by atoms with Gasteiger partial charge in [-0.3, -0.25) is 10.1 Å². The Morgan fingerprint density at radius 2 is 1.57 bits per heavy atom. The first kappa shape index (κ1) is 19.9. The van der Waals surface area contributed by atoms with Crippen molar-refractivity contribution in [2.45, 2.75) is 13.3 Å². The molecule has 0 aliphatic carbocycles. The molecule has 1 amide bonds. The van der Waals surface area contributed by atoms with E-state index >= 15 is 0 Å². The second kappa shape index (κ2) is 9.37. The van der Waals surface area contributed by atoms with Crippen LogP contribution in [0.25, 0.3) is 22.4 Å². The van der Waals surface area contributed by atoms with E-state index in [0.29, 0.717) is 10.9 Å². The molecular formula is C25H22N2O2S. The van der Waals surface area contributed by atoms with Crippen LogP contribution >= 0.6 is 11.3 Å². The Labute approximate surface area is 180 Å². The van der Waals surface area contributed by atoms with Crippen LogP contribution in [0.2, 0.25) is 0 Å². The third-order valence-corrected chi connectivity index (χ3v) is 5.50. The summed E-state index contributed by atoms with van der Waals surface area (Å²) in [7, 11) is 0. The molecule has 1 aromatic heterocycles. The van der Waals surface area contributed by atoms with Gasteiger partial charge in [0.05, 0.1) is 5.69 Å². The Morgan fingerprint density at radius 3 is 2.27 bits per heavy atom. The molecule has 0 radical (unpaired) electrons. The summed E-state index contributed by atoms with van der Waals surface area (Å²) in [5, 5.41) is 5.32. The van der Waals surface area contributed by atoms with Crippen molar-refractivity contribution in [3.05, 3.63) is 89.8 Å². The van der Waals surface area contributed by atoms with Gasteiger partial charge in [0.2, 0.25) is 0 Å². The number of nitrogens with one attached hydrogen (secondary N) is 1. The van der Waals surface area contributed by atoms with Crippen molar-refractivity contribution in [1.82, 2.24) is 4.98 Å². The van der Waals surface area contributed by atoms with Gasteiger partial charge < -0.3 is 4.74 Å². The summed E-state index contributed by atoms with van der Waals surface area (Å²) in [4.78, 5) is 16.7. The molecule has 0 fully saturated rings. The number of aryl methyl sites for hydroxylation is 1. The van der Waals surface area contributed by atoms with E-state index in [0.717, 1.165) is 28.8 Å². The summed E-state index contributed by atoms with van der Waals surface area (Å²) >= 11 is 1.41. The number of rotatable bonds is 7. The molecule has 0 saturated carbocycles. The molecule has 0 unspecified atom stereocenters. The van der Waals surface area contributed by atoms with Crippen molar-refractivity contribution in [2.75, 3.05) is 11.9 Å². The number of amides is 1. The predicted molar refractivity (Wildman–Crippen MR) is 123 cm³/mol. The number of ether oxygens (including phenoxy) is 1. The Balaban J connectivity index is 1.31. The number of aromatic nitrogens is 1. The molecule has 150 valence electrons. The molecule has 0 atom stereocenters. The molecular weight excluding hydrogens is 392 g/mol. The lowest BCUT2D eigenvalue weighted by molar-refractivity contribution is -0.118. The fourth-order valence-corrected chi connectivity index (χ4v) is 3.79. The zero-order valence-corrected chi connectivity index (χ0v) is 17.5. The van der Waals surface area contributed by atoms with E-state index in [1.165, 1.54) is 16.9 Å². The number of carbonyl (C=O) groups is 1. The summed E-state index contributed by atoms with van der Waals surface area (Å²) in [6.45, 7) is 2.07. The van der Waals surface area contributed by atoms with Crippen molar-refractivity contribution in [1.29, 1.82) is 0 Å².